The summed E-state index contributed by atoms with van der Waals surface area (Å²) in [6.45, 7) is 3.48. The largest absolute Gasteiger partial charge is 0.334 e. The van der Waals surface area contributed by atoms with Crippen LogP contribution in [0.3, 0.4) is 0 Å². The van der Waals surface area contributed by atoms with E-state index in [2.05, 4.69) is 17.1 Å². The van der Waals surface area contributed by atoms with Crippen molar-refractivity contribution in [3.05, 3.63) is 42.5 Å². The molecular weight excluding hydrogens is 278 g/mol. The summed E-state index contributed by atoms with van der Waals surface area (Å²) in [6, 6.07) is 7.65. The van der Waals surface area contributed by atoms with Gasteiger partial charge in [0, 0.05) is 30.4 Å². The first kappa shape index (κ1) is 14.7. The molecule has 2 heterocycles. The molecule has 1 fully saturated rings. The molecule has 1 aromatic carbocycles. The fourth-order valence-corrected chi connectivity index (χ4v) is 3.14. The molecule has 0 unspecified atom stereocenters. The topological polar surface area (TPSA) is 77.0 Å². The zero-order chi connectivity index (χ0) is 15.5. The summed E-state index contributed by atoms with van der Waals surface area (Å²) in [4.78, 5) is 14.7. The van der Waals surface area contributed by atoms with Crippen molar-refractivity contribution >= 4 is 5.91 Å². The van der Waals surface area contributed by atoms with E-state index in [0.29, 0.717) is 18.0 Å². The Morgan fingerprint density at radius 2 is 1.95 bits per heavy atom. The molecule has 0 saturated carbocycles. The van der Waals surface area contributed by atoms with E-state index in [1.165, 1.54) is 0 Å². The predicted molar refractivity (Wildman–Crippen MR) is 83.6 cm³/mol. The lowest BCUT2D eigenvalue weighted by molar-refractivity contribution is 0.0532. The molecule has 116 valence electrons. The van der Waals surface area contributed by atoms with E-state index < -0.39 is 0 Å². The summed E-state index contributed by atoms with van der Waals surface area (Å²) in [6.07, 6.45) is 5.45. The molecule has 0 spiro atoms. The van der Waals surface area contributed by atoms with Gasteiger partial charge in [-0.05, 0) is 43.0 Å². The van der Waals surface area contributed by atoms with E-state index in [-0.39, 0.29) is 11.9 Å². The van der Waals surface area contributed by atoms with Crippen LogP contribution in [0.2, 0.25) is 0 Å². The fraction of sp³-hybridized carbons (Fsp3) is 0.438. The lowest BCUT2D eigenvalue weighted by atomic mass is 9.90. The first-order valence-corrected chi connectivity index (χ1v) is 7.67. The number of rotatable bonds is 3. The second-order valence-electron chi connectivity index (χ2n) is 5.84. The molecule has 1 aromatic heterocycles. The van der Waals surface area contributed by atoms with Gasteiger partial charge in [-0.25, -0.2) is 0 Å². The minimum Gasteiger partial charge on any atom is -0.334 e. The van der Waals surface area contributed by atoms with Crippen molar-refractivity contribution in [3.8, 4) is 5.69 Å². The molecule has 6 nitrogen and oxygen atoms in total. The monoisotopic (exact) mass is 299 g/mol. The maximum Gasteiger partial charge on any atom is 0.254 e. The van der Waals surface area contributed by atoms with Crippen molar-refractivity contribution < 1.29 is 4.79 Å². The van der Waals surface area contributed by atoms with Crippen LogP contribution >= 0.6 is 0 Å². The van der Waals surface area contributed by atoms with Crippen LogP contribution in [0.5, 0.6) is 0 Å². The summed E-state index contributed by atoms with van der Waals surface area (Å²) >= 11 is 0. The summed E-state index contributed by atoms with van der Waals surface area (Å²) in [5.41, 5.74) is 7.51. The SMILES string of the molecule is C[C@H]1CCCN(C(=O)c2ccc(-n3cnnc3)cc2)[C@H]1CN. The number of amides is 1. The first-order valence-electron chi connectivity index (χ1n) is 7.67. The lowest BCUT2D eigenvalue weighted by Crippen LogP contribution is -2.51. The van der Waals surface area contributed by atoms with Crippen LogP contribution in [0.15, 0.2) is 36.9 Å². The van der Waals surface area contributed by atoms with Gasteiger partial charge in [0.25, 0.3) is 5.91 Å². The van der Waals surface area contributed by atoms with Gasteiger partial charge in [-0.1, -0.05) is 6.92 Å². The number of benzene rings is 1. The van der Waals surface area contributed by atoms with Crippen LogP contribution < -0.4 is 5.73 Å². The molecule has 6 heteroatoms. The zero-order valence-electron chi connectivity index (χ0n) is 12.7. The second kappa shape index (κ2) is 6.27. The van der Waals surface area contributed by atoms with Crippen LogP contribution in [-0.2, 0) is 0 Å². The normalized spacial score (nSPS) is 21.8. The van der Waals surface area contributed by atoms with Gasteiger partial charge in [0.1, 0.15) is 12.7 Å². The summed E-state index contributed by atoms with van der Waals surface area (Å²) in [7, 11) is 0. The molecule has 1 amide bonds. The smallest absolute Gasteiger partial charge is 0.254 e. The van der Waals surface area contributed by atoms with Crippen molar-refractivity contribution in [2.75, 3.05) is 13.1 Å². The summed E-state index contributed by atoms with van der Waals surface area (Å²) < 4.78 is 1.81. The Kier molecular flexibility index (Phi) is 4.20. The van der Waals surface area contributed by atoms with Gasteiger partial charge >= 0.3 is 0 Å². The van der Waals surface area contributed by atoms with Crippen molar-refractivity contribution in [2.24, 2.45) is 11.7 Å². The number of carbonyl (C=O) groups excluding carboxylic acids is 1. The van der Waals surface area contributed by atoms with Gasteiger partial charge < -0.3 is 10.6 Å². The van der Waals surface area contributed by atoms with Gasteiger partial charge in [-0.15, -0.1) is 10.2 Å². The van der Waals surface area contributed by atoms with Crippen LogP contribution in [0.1, 0.15) is 30.1 Å². The van der Waals surface area contributed by atoms with Crippen LogP contribution in [0, 0.1) is 5.92 Å². The molecule has 3 rings (SSSR count). The highest BCUT2D eigenvalue weighted by atomic mass is 16.2. The molecule has 0 aliphatic carbocycles. The van der Waals surface area contributed by atoms with Crippen LogP contribution in [0.25, 0.3) is 5.69 Å². The molecule has 1 aliphatic heterocycles. The third-order valence-electron chi connectivity index (χ3n) is 4.45. The molecule has 2 N–H and O–H groups in total. The number of hydrogen-bond acceptors (Lipinski definition) is 4. The molecule has 22 heavy (non-hydrogen) atoms. The Bertz CT molecular complexity index is 622. The van der Waals surface area contributed by atoms with Crippen LogP contribution in [-0.4, -0.2) is 44.7 Å². The number of nitrogens with two attached hydrogens (primary N) is 1. The van der Waals surface area contributed by atoms with E-state index in [9.17, 15) is 4.79 Å². The third kappa shape index (κ3) is 2.74. The second-order valence-corrected chi connectivity index (χ2v) is 5.84. The highest BCUT2D eigenvalue weighted by molar-refractivity contribution is 5.94. The Labute approximate surface area is 129 Å². The van der Waals surface area contributed by atoms with Crippen LogP contribution in [0.4, 0.5) is 0 Å². The standard InChI is InChI=1S/C16H21N5O/c1-12-3-2-8-21(15(12)9-17)16(22)13-4-6-14(7-5-13)20-10-18-19-11-20/h4-7,10-12,15H,2-3,8-9,17H2,1H3/t12-,15-/m0/s1. The average molecular weight is 299 g/mol. The molecule has 0 bridgehead atoms. The Morgan fingerprint density at radius 3 is 2.59 bits per heavy atom. The summed E-state index contributed by atoms with van der Waals surface area (Å²) in [5.74, 6) is 0.524. The van der Waals surface area contributed by atoms with Crippen molar-refractivity contribution in [3.63, 3.8) is 0 Å². The molecule has 0 radical (unpaired) electrons. The maximum atomic E-state index is 12.8. The number of aromatic nitrogens is 3. The van der Waals surface area contributed by atoms with E-state index in [0.717, 1.165) is 25.1 Å². The van der Waals surface area contributed by atoms with E-state index >= 15 is 0 Å². The van der Waals surface area contributed by atoms with Gasteiger partial charge in [0.2, 0.25) is 0 Å². The highest BCUT2D eigenvalue weighted by Crippen LogP contribution is 2.24. The highest BCUT2D eigenvalue weighted by Gasteiger charge is 2.31. The number of carbonyl (C=O) groups is 1. The predicted octanol–water partition coefficient (Wildman–Crippen LogP) is 1.47. The fourth-order valence-electron chi connectivity index (χ4n) is 3.14. The molecule has 2 atom stereocenters. The van der Waals surface area contributed by atoms with Gasteiger partial charge in [0.05, 0.1) is 0 Å². The van der Waals surface area contributed by atoms with E-state index in [1.54, 1.807) is 17.2 Å². The summed E-state index contributed by atoms with van der Waals surface area (Å²) in [5, 5.41) is 7.57. The third-order valence-corrected chi connectivity index (χ3v) is 4.45. The Morgan fingerprint density at radius 1 is 1.27 bits per heavy atom. The number of piperidine rings is 1. The number of hydrogen-bond donors (Lipinski definition) is 1. The first-order chi connectivity index (χ1) is 10.7. The maximum absolute atomic E-state index is 12.8. The number of likely N-dealkylation sites (tertiary alicyclic amines) is 1. The Hall–Kier alpha value is -2.21. The van der Waals surface area contributed by atoms with Gasteiger partial charge in [-0.3, -0.25) is 9.36 Å². The van der Waals surface area contributed by atoms with Gasteiger partial charge in [-0.2, -0.15) is 0 Å². The van der Waals surface area contributed by atoms with E-state index in [4.69, 9.17) is 5.73 Å². The van der Waals surface area contributed by atoms with Crippen molar-refractivity contribution in [2.45, 2.75) is 25.8 Å². The molecule has 2 aromatic rings. The molecule has 1 aliphatic rings. The lowest BCUT2D eigenvalue weighted by Gasteiger charge is -2.39. The minimum absolute atomic E-state index is 0.0670. The zero-order valence-corrected chi connectivity index (χ0v) is 12.7. The van der Waals surface area contributed by atoms with E-state index in [1.807, 2.05) is 29.2 Å². The van der Waals surface area contributed by atoms with Gasteiger partial charge in [0.15, 0.2) is 0 Å². The quantitative estimate of drug-likeness (QED) is 0.931. The minimum atomic E-state index is 0.0670. The Balaban J connectivity index is 1.79. The average Bonchev–Trinajstić information content (AvgIpc) is 3.08. The van der Waals surface area contributed by atoms with Crippen molar-refractivity contribution in [1.29, 1.82) is 0 Å². The molecule has 1 saturated heterocycles. The number of nitrogens with zero attached hydrogens (tertiary/aromatic N) is 4. The van der Waals surface area contributed by atoms with Crippen molar-refractivity contribution in [1.82, 2.24) is 19.7 Å². The molecular formula is C16H21N5O.